The average Bonchev–Trinajstić information content (AvgIpc) is 2.38. The third kappa shape index (κ3) is 3.91. The number of pyridine rings is 1. The van der Waals surface area contributed by atoms with E-state index in [1.54, 1.807) is 18.2 Å². The first-order chi connectivity index (χ1) is 9.36. The number of aromatic nitrogens is 1. The largest absolute Gasteiger partial charge is 0.348 e. The van der Waals surface area contributed by atoms with Crippen LogP contribution < -0.4 is 5.32 Å². The van der Waals surface area contributed by atoms with Crippen LogP contribution in [0, 0.1) is 0 Å². The monoisotopic (exact) mass is 317 g/mol. The van der Waals surface area contributed by atoms with Crippen molar-refractivity contribution in [3.05, 3.63) is 29.0 Å². The summed E-state index contributed by atoms with van der Waals surface area (Å²) in [6.45, 7) is 0.847. The lowest BCUT2D eigenvalue weighted by molar-refractivity contribution is 0.0919. The number of sulfonamides is 1. The Bertz CT molecular complexity index is 598. The van der Waals surface area contributed by atoms with E-state index in [1.807, 2.05) is 0 Å². The number of nitrogens with one attached hydrogen (secondary N) is 1. The molecule has 0 saturated carbocycles. The minimum atomic E-state index is -3.14. The molecule has 0 atom stereocenters. The van der Waals surface area contributed by atoms with E-state index in [9.17, 15) is 13.2 Å². The summed E-state index contributed by atoms with van der Waals surface area (Å²) in [7, 11) is -3.14. The number of carbonyl (C=O) groups excluding carboxylic acids is 1. The van der Waals surface area contributed by atoms with Crippen LogP contribution >= 0.6 is 11.6 Å². The molecule has 2 heterocycles. The van der Waals surface area contributed by atoms with Gasteiger partial charge in [-0.1, -0.05) is 17.7 Å². The van der Waals surface area contributed by atoms with Crippen LogP contribution in [0.3, 0.4) is 0 Å². The van der Waals surface area contributed by atoms with Crippen molar-refractivity contribution in [3.8, 4) is 0 Å². The van der Waals surface area contributed by atoms with Crippen LogP contribution in [0.5, 0.6) is 0 Å². The Morgan fingerprint density at radius 3 is 2.60 bits per heavy atom. The van der Waals surface area contributed by atoms with E-state index >= 15 is 0 Å². The fourth-order valence-electron chi connectivity index (χ4n) is 2.13. The lowest BCUT2D eigenvalue weighted by atomic mass is 10.1. The first-order valence-corrected chi connectivity index (χ1v) is 8.47. The third-order valence-corrected chi connectivity index (χ3v) is 4.72. The molecule has 0 bridgehead atoms. The maximum atomic E-state index is 12.0. The Balaban J connectivity index is 1.91. The van der Waals surface area contributed by atoms with E-state index in [1.165, 1.54) is 10.6 Å². The highest BCUT2D eigenvalue weighted by atomic mass is 35.5. The zero-order chi connectivity index (χ0) is 14.8. The second-order valence-electron chi connectivity index (χ2n) is 4.76. The van der Waals surface area contributed by atoms with Gasteiger partial charge in [-0.3, -0.25) is 4.79 Å². The highest BCUT2D eigenvalue weighted by molar-refractivity contribution is 7.88. The molecule has 1 saturated heterocycles. The van der Waals surface area contributed by atoms with Gasteiger partial charge in [-0.25, -0.2) is 17.7 Å². The minimum Gasteiger partial charge on any atom is -0.348 e. The van der Waals surface area contributed by atoms with Crippen molar-refractivity contribution in [3.63, 3.8) is 0 Å². The summed E-state index contributed by atoms with van der Waals surface area (Å²) >= 11 is 5.74. The van der Waals surface area contributed by atoms with E-state index in [0.717, 1.165) is 0 Å². The van der Waals surface area contributed by atoms with Crippen molar-refractivity contribution in [1.29, 1.82) is 0 Å². The van der Waals surface area contributed by atoms with Crippen LogP contribution in [-0.2, 0) is 10.0 Å². The van der Waals surface area contributed by atoms with Crippen molar-refractivity contribution in [2.45, 2.75) is 18.9 Å². The standard InChI is InChI=1S/C12H16ClN3O3S/c1-20(18,19)16-7-5-9(6-8-16)14-12(17)10-3-2-4-11(13)15-10/h2-4,9H,5-8H2,1H3,(H,14,17). The molecule has 6 nitrogen and oxygen atoms in total. The Kier molecular flexibility index (Phi) is 4.62. The van der Waals surface area contributed by atoms with Crippen LogP contribution in [0.2, 0.25) is 5.15 Å². The van der Waals surface area contributed by atoms with Crippen LogP contribution in [0.25, 0.3) is 0 Å². The van der Waals surface area contributed by atoms with Gasteiger partial charge in [-0.15, -0.1) is 0 Å². The number of rotatable bonds is 3. The quantitative estimate of drug-likeness (QED) is 0.840. The van der Waals surface area contributed by atoms with Gasteiger partial charge >= 0.3 is 0 Å². The van der Waals surface area contributed by atoms with Gasteiger partial charge in [0.2, 0.25) is 10.0 Å². The molecule has 1 aromatic rings. The average molecular weight is 318 g/mol. The maximum Gasteiger partial charge on any atom is 0.270 e. The van der Waals surface area contributed by atoms with Gasteiger partial charge in [0.1, 0.15) is 10.8 Å². The van der Waals surface area contributed by atoms with Gasteiger partial charge in [0.05, 0.1) is 6.26 Å². The molecule has 1 aliphatic heterocycles. The van der Waals surface area contributed by atoms with E-state index in [0.29, 0.717) is 25.9 Å². The van der Waals surface area contributed by atoms with E-state index in [-0.39, 0.29) is 22.8 Å². The molecule has 2 rings (SSSR count). The number of carbonyl (C=O) groups is 1. The Morgan fingerprint density at radius 2 is 2.05 bits per heavy atom. The maximum absolute atomic E-state index is 12.0. The summed E-state index contributed by atoms with van der Waals surface area (Å²) in [6.07, 6.45) is 2.39. The number of hydrogen-bond donors (Lipinski definition) is 1. The topological polar surface area (TPSA) is 79.4 Å². The lowest BCUT2D eigenvalue weighted by Crippen LogP contribution is -2.46. The molecule has 1 aromatic heterocycles. The molecule has 0 unspecified atom stereocenters. The van der Waals surface area contributed by atoms with Crippen molar-refractivity contribution >= 4 is 27.5 Å². The van der Waals surface area contributed by atoms with Gasteiger partial charge in [-0.05, 0) is 25.0 Å². The molecule has 1 N–H and O–H groups in total. The van der Waals surface area contributed by atoms with Crippen molar-refractivity contribution < 1.29 is 13.2 Å². The zero-order valence-electron chi connectivity index (χ0n) is 11.0. The Morgan fingerprint density at radius 1 is 1.40 bits per heavy atom. The predicted octanol–water partition coefficient (Wildman–Crippen LogP) is 0.889. The summed E-state index contributed by atoms with van der Waals surface area (Å²) < 4.78 is 24.2. The van der Waals surface area contributed by atoms with Crippen molar-refractivity contribution in [2.24, 2.45) is 0 Å². The SMILES string of the molecule is CS(=O)(=O)N1CCC(NC(=O)c2cccc(Cl)n2)CC1. The molecule has 1 aliphatic rings. The first-order valence-electron chi connectivity index (χ1n) is 6.25. The molecule has 0 radical (unpaired) electrons. The minimum absolute atomic E-state index is 0.0405. The summed E-state index contributed by atoms with van der Waals surface area (Å²) in [4.78, 5) is 15.9. The lowest BCUT2D eigenvalue weighted by Gasteiger charge is -2.30. The summed E-state index contributed by atoms with van der Waals surface area (Å²) in [5.41, 5.74) is 0.267. The molecule has 1 amide bonds. The van der Waals surface area contributed by atoms with Gasteiger partial charge in [0.15, 0.2) is 0 Å². The molecular formula is C12H16ClN3O3S. The molecule has 0 aromatic carbocycles. The molecular weight excluding hydrogens is 302 g/mol. The predicted molar refractivity (Wildman–Crippen MR) is 76.2 cm³/mol. The zero-order valence-corrected chi connectivity index (χ0v) is 12.6. The van der Waals surface area contributed by atoms with Gasteiger partial charge < -0.3 is 5.32 Å². The normalized spacial score (nSPS) is 17.9. The first kappa shape index (κ1) is 15.2. The number of amides is 1. The van der Waals surface area contributed by atoms with Gasteiger partial charge in [-0.2, -0.15) is 0 Å². The Labute approximate surface area is 123 Å². The van der Waals surface area contributed by atoms with Crippen molar-refractivity contribution in [1.82, 2.24) is 14.6 Å². The van der Waals surface area contributed by atoms with E-state index < -0.39 is 10.0 Å². The molecule has 110 valence electrons. The Hall–Kier alpha value is -1.18. The fourth-order valence-corrected chi connectivity index (χ4v) is 3.16. The van der Waals surface area contributed by atoms with Crippen LogP contribution in [-0.4, -0.2) is 49.0 Å². The van der Waals surface area contributed by atoms with E-state index in [4.69, 9.17) is 11.6 Å². The fraction of sp³-hybridized carbons (Fsp3) is 0.500. The molecule has 8 heteroatoms. The molecule has 0 aliphatic carbocycles. The number of nitrogens with zero attached hydrogens (tertiary/aromatic N) is 2. The second-order valence-corrected chi connectivity index (χ2v) is 7.13. The van der Waals surface area contributed by atoms with Gasteiger partial charge in [0.25, 0.3) is 5.91 Å². The number of hydrogen-bond acceptors (Lipinski definition) is 4. The molecule has 20 heavy (non-hydrogen) atoms. The molecule has 1 fully saturated rings. The highest BCUT2D eigenvalue weighted by Gasteiger charge is 2.26. The van der Waals surface area contributed by atoms with Crippen LogP contribution in [0.15, 0.2) is 18.2 Å². The highest BCUT2D eigenvalue weighted by Crippen LogP contribution is 2.14. The number of piperidine rings is 1. The third-order valence-electron chi connectivity index (χ3n) is 3.21. The molecule has 0 spiro atoms. The summed E-state index contributed by atoms with van der Waals surface area (Å²) in [6, 6.07) is 4.81. The summed E-state index contributed by atoms with van der Waals surface area (Å²) in [5, 5.41) is 3.12. The number of halogens is 1. The van der Waals surface area contributed by atoms with Crippen molar-refractivity contribution in [2.75, 3.05) is 19.3 Å². The van der Waals surface area contributed by atoms with Crippen LogP contribution in [0.1, 0.15) is 23.3 Å². The van der Waals surface area contributed by atoms with E-state index in [2.05, 4.69) is 10.3 Å². The summed E-state index contributed by atoms with van der Waals surface area (Å²) in [5.74, 6) is -0.287. The van der Waals surface area contributed by atoms with Crippen LogP contribution in [0.4, 0.5) is 0 Å². The smallest absolute Gasteiger partial charge is 0.270 e. The second kappa shape index (κ2) is 6.07. The van der Waals surface area contributed by atoms with Gasteiger partial charge in [0, 0.05) is 19.1 Å².